The number of hydrogen-bond donors (Lipinski definition) is 2. The van der Waals surface area contributed by atoms with Crippen molar-refractivity contribution in [1.29, 1.82) is 0 Å². The van der Waals surface area contributed by atoms with Crippen molar-refractivity contribution in [2.45, 2.75) is 38.6 Å². The smallest absolute Gasteiger partial charge is 0.104 e. The van der Waals surface area contributed by atoms with Crippen molar-refractivity contribution < 1.29 is 4.74 Å². The van der Waals surface area contributed by atoms with Crippen LogP contribution in [0, 0.1) is 11.8 Å². The Hall–Kier alpha value is 0.660. The summed E-state index contributed by atoms with van der Waals surface area (Å²) < 4.78 is 5.50. The molecule has 0 N–H and O–H groups in total. The van der Waals surface area contributed by atoms with Crippen LogP contribution in [0.5, 0.6) is 0 Å². The number of rotatable bonds is 4. The number of hydrogen-bond acceptors (Lipinski definition) is 3. The van der Waals surface area contributed by atoms with Gasteiger partial charge in [-0.2, -0.15) is 0 Å². The zero-order chi connectivity index (χ0) is 9.02. The molecule has 0 radical (unpaired) electrons. The molecule has 0 aromatic rings. The molecule has 11 heavy (non-hydrogen) atoms. The van der Waals surface area contributed by atoms with E-state index in [9.17, 15) is 0 Å². The van der Waals surface area contributed by atoms with Gasteiger partial charge in [-0.3, -0.25) is 0 Å². The Labute approximate surface area is 80.7 Å². The first-order chi connectivity index (χ1) is 4.95. The predicted molar refractivity (Wildman–Crippen MR) is 56.3 cm³/mol. The fraction of sp³-hybridized carbons (Fsp3) is 1.00. The van der Waals surface area contributed by atoms with E-state index in [-0.39, 0.29) is 10.9 Å². The molecule has 0 aliphatic carbocycles. The van der Waals surface area contributed by atoms with Crippen LogP contribution < -0.4 is 0 Å². The molecule has 0 aliphatic rings. The molecule has 0 bridgehead atoms. The first-order valence-electron chi connectivity index (χ1n) is 3.96. The Bertz CT molecular complexity index is 92.3. The molecule has 2 atom stereocenters. The molecule has 1 nitrogen and oxygen atoms in total. The molecular formula is C8H18OS2. The average Bonchev–Trinajstić information content (AvgIpc) is 1.87. The quantitative estimate of drug-likeness (QED) is 0.517. The van der Waals surface area contributed by atoms with E-state index in [0.717, 1.165) is 0 Å². The molecule has 0 heterocycles. The zero-order valence-corrected chi connectivity index (χ0v) is 9.40. The van der Waals surface area contributed by atoms with Crippen LogP contribution in [0.1, 0.15) is 27.7 Å². The van der Waals surface area contributed by atoms with Crippen molar-refractivity contribution in [1.82, 2.24) is 0 Å². The lowest BCUT2D eigenvalue weighted by Gasteiger charge is -2.22. The fourth-order valence-electron chi connectivity index (χ4n) is 0.457. The molecule has 68 valence electrons. The summed E-state index contributed by atoms with van der Waals surface area (Å²) in [4.78, 5) is 0. The zero-order valence-electron chi connectivity index (χ0n) is 7.61. The van der Waals surface area contributed by atoms with Gasteiger partial charge in [0.2, 0.25) is 0 Å². The topological polar surface area (TPSA) is 9.23 Å². The van der Waals surface area contributed by atoms with Gasteiger partial charge in [0.15, 0.2) is 0 Å². The van der Waals surface area contributed by atoms with Gasteiger partial charge in [0.1, 0.15) is 10.9 Å². The van der Waals surface area contributed by atoms with Crippen LogP contribution in [0.2, 0.25) is 0 Å². The molecule has 0 aromatic carbocycles. The van der Waals surface area contributed by atoms with E-state index in [0.29, 0.717) is 11.8 Å². The summed E-state index contributed by atoms with van der Waals surface area (Å²) in [5, 5.41) is 0. The molecule has 0 amide bonds. The van der Waals surface area contributed by atoms with Crippen molar-refractivity contribution >= 4 is 25.3 Å². The van der Waals surface area contributed by atoms with Gasteiger partial charge in [-0.15, -0.1) is 25.3 Å². The van der Waals surface area contributed by atoms with Crippen LogP contribution in [-0.4, -0.2) is 10.9 Å². The van der Waals surface area contributed by atoms with E-state index in [4.69, 9.17) is 4.74 Å². The lowest BCUT2D eigenvalue weighted by Crippen LogP contribution is -2.21. The highest BCUT2D eigenvalue weighted by Gasteiger charge is 2.15. The SMILES string of the molecule is CC(C)C(S)OC(S)C(C)C. The molecule has 0 spiro atoms. The van der Waals surface area contributed by atoms with E-state index in [1.165, 1.54) is 0 Å². The second-order valence-electron chi connectivity index (χ2n) is 3.41. The van der Waals surface area contributed by atoms with E-state index in [1.54, 1.807) is 0 Å². The summed E-state index contributed by atoms with van der Waals surface area (Å²) in [5.41, 5.74) is -0.000185. The standard InChI is InChI=1S/C8H18OS2/c1-5(2)7(10)9-8(11)6(3)4/h5-8,10-11H,1-4H3. The molecule has 0 saturated carbocycles. The lowest BCUT2D eigenvalue weighted by molar-refractivity contribution is 0.0444. The van der Waals surface area contributed by atoms with E-state index in [1.807, 2.05) is 0 Å². The van der Waals surface area contributed by atoms with Gasteiger partial charge in [0.05, 0.1) is 0 Å². The predicted octanol–water partition coefficient (Wildman–Crippen LogP) is 2.83. The third-order valence-electron chi connectivity index (χ3n) is 1.42. The summed E-state index contributed by atoms with van der Waals surface area (Å²) in [6, 6.07) is 0. The van der Waals surface area contributed by atoms with Crippen LogP contribution in [0.15, 0.2) is 0 Å². The summed E-state index contributed by atoms with van der Waals surface area (Å²) >= 11 is 8.58. The highest BCUT2D eigenvalue weighted by Crippen LogP contribution is 2.18. The second kappa shape index (κ2) is 5.33. The van der Waals surface area contributed by atoms with E-state index < -0.39 is 0 Å². The Morgan fingerprint density at radius 1 is 0.818 bits per heavy atom. The van der Waals surface area contributed by atoms with Crippen molar-refractivity contribution in [3.8, 4) is 0 Å². The minimum absolute atomic E-state index is 0.0000926. The van der Waals surface area contributed by atoms with Gasteiger partial charge in [-0.25, -0.2) is 0 Å². The normalized spacial score (nSPS) is 17.5. The Morgan fingerprint density at radius 2 is 1.09 bits per heavy atom. The molecule has 0 fully saturated rings. The summed E-state index contributed by atoms with van der Waals surface area (Å²) in [6.07, 6.45) is 0. The van der Waals surface area contributed by atoms with Crippen molar-refractivity contribution in [2.24, 2.45) is 11.8 Å². The van der Waals surface area contributed by atoms with Gasteiger partial charge in [-0.1, -0.05) is 27.7 Å². The third kappa shape index (κ3) is 4.99. The maximum Gasteiger partial charge on any atom is 0.104 e. The summed E-state index contributed by atoms with van der Waals surface area (Å²) in [6.45, 7) is 8.33. The summed E-state index contributed by atoms with van der Waals surface area (Å²) in [7, 11) is 0. The molecular weight excluding hydrogens is 176 g/mol. The van der Waals surface area contributed by atoms with Crippen LogP contribution in [0.4, 0.5) is 0 Å². The monoisotopic (exact) mass is 194 g/mol. The third-order valence-corrected chi connectivity index (χ3v) is 2.86. The summed E-state index contributed by atoms with van der Waals surface area (Å²) in [5.74, 6) is 0.874. The first kappa shape index (κ1) is 11.7. The van der Waals surface area contributed by atoms with Crippen molar-refractivity contribution in [3.63, 3.8) is 0 Å². The molecule has 0 aromatic heterocycles. The van der Waals surface area contributed by atoms with Gasteiger partial charge in [0, 0.05) is 0 Å². The molecule has 0 aliphatic heterocycles. The van der Waals surface area contributed by atoms with Gasteiger partial charge in [-0.05, 0) is 11.8 Å². The second-order valence-corrected chi connectivity index (χ2v) is 4.42. The van der Waals surface area contributed by atoms with Gasteiger partial charge < -0.3 is 4.74 Å². The molecule has 2 unspecified atom stereocenters. The molecule has 3 heteroatoms. The van der Waals surface area contributed by atoms with Crippen LogP contribution in [0.25, 0.3) is 0 Å². The molecule has 0 rings (SSSR count). The number of ether oxygens (including phenoxy) is 1. The van der Waals surface area contributed by atoms with Gasteiger partial charge >= 0.3 is 0 Å². The Balaban J connectivity index is 3.66. The largest absolute Gasteiger partial charge is 0.354 e. The van der Waals surface area contributed by atoms with E-state index in [2.05, 4.69) is 53.0 Å². The minimum atomic E-state index is -0.0000926. The fourth-order valence-corrected chi connectivity index (χ4v) is 0.815. The maximum atomic E-state index is 5.50. The van der Waals surface area contributed by atoms with Crippen molar-refractivity contribution in [3.05, 3.63) is 0 Å². The highest BCUT2D eigenvalue weighted by molar-refractivity contribution is 7.81. The maximum absolute atomic E-state index is 5.50. The minimum Gasteiger partial charge on any atom is -0.354 e. The van der Waals surface area contributed by atoms with Crippen LogP contribution in [-0.2, 0) is 4.74 Å². The van der Waals surface area contributed by atoms with Gasteiger partial charge in [0.25, 0.3) is 0 Å². The average molecular weight is 194 g/mol. The van der Waals surface area contributed by atoms with Crippen LogP contribution >= 0.6 is 25.3 Å². The first-order valence-corrected chi connectivity index (χ1v) is 5.00. The molecule has 0 saturated heterocycles. The van der Waals surface area contributed by atoms with Crippen molar-refractivity contribution in [2.75, 3.05) is 0 Å². The van der Waals surface area contributed by atoms with Crippen LogP contribution in [0.3, 0.4) is 0 Å². The highest BCUT2D eigenvalue weighted by atomic mass is 32.1. The van der Waals surface area contributed by atoms with E-state index >= 15 is 0 Å². The Morgan fingerprint density at radius 3 is 1.27 bits per heavy atom. The lowest BCUT2D eigenvalue weighted by atomic mass is 10.2. The Kier molecular flexibility index (Phi) is 5.65. The number of thiol groups is 2.